The van der Waals surface area contributed by atoms with Gasteiger partial charge in [0.1, 0.15) is 6.10 Å². The van der Waals surface area contributed by atoms with Crippen molar-refractivity contribution >= 4 is 11.9 Å². The Kier molecular flexibility index (Phi) is 12.2. The largest absolute Gasteiger partial charge is 0.490 e. The second kappa shape index (κ2) is 14.6. The monoisotopic (exact) mass is 560 g/mol. The van der Waals surface area contributed by atoms with Crippen LogP contribution in [0.5, 0.6) is 0 Å². The van der Waals surface area contributed by atoms with Crippen LogP contribution in [0.15, 0.2) is 24.5 Å². The number of carbonyl (C=O) groups is 2. The molecule has 4 heterocycles. The highest BCUT2D eigenvalue weighted by Gasteiger charge is 2.45. The minimum atomic E-state index is -5.08. The summed E-state index contributed by atoms with van der Waals surface area (Å²) in [5.41, 5.74) is 1.18. The highest BCUT2D eigenvalue weighted by Crippen LogP contribution is 2.32. The van der Waals surface area contributed by atoms with Gasteiger partial charge < -0.3 is 24.4 Å². The third kappa shape index (κ3) is 10.7. The number of carboxylic acids is 2. The Morgan fingerprint density at radius 1 is 0.974 bits per heavy atom. The summed E-state index contributed by atoms with van der Waals surface area (Å²) >= 11 is 0. The molecule has 15 heteroatoms. The van der Waals surface area contributed by atoms with Gasteiger partial charge in [0.05, 0.1) is 12.7 Å². The number of alkyl halides is 6. The molecule has 2 N–H and O–H groups in total. The topological polar surface area (TPSA) is 118 Å². The molecule has 3 saturated heterocycles. The summed E-state index contributed by atoms with van der Waals surface area (Å²) in [6.45, 7) is 5.53. The van der Waals surface area contributed by atoms with Crippen molar-refractivity contribution in [2.24, 2.45) is 5.92 Å². The number of ether oxygens (including phenoxy) is 3. The summed E-state index contributed by atoms with van der Waals surface area (Å²) < 4.78 is 81.4. The number of halogens is 6. The fourth-order valence-corrected chi connectivity index (χ4v) is 4.30. The van der Waals surface area contributed by atoms with Crippen molar-refractivity contribution in [3.8, 4) is 0 Å². The molecule has 4 rings (SSSR count). The van der Waals surface area contributed by atoms with Crippen LogP contribution in [0.1, 0.15) is 31.2 Å². The van der Waals surface area contributed by atoms with E-state index < -0.39 is 24.3 Å². The van der Waals surface area contributed by atoms with E-state index in [0.717, 1.165) is 32.3 Å². The maximum atomic E-state index is 10.6. The van der Waals surface area contributed by atoms with Crippen LogP contribution in [0.3, 0.4) is 0 Å². The Labute approximate surface area is 214 Å². The molecule has 216 valence electrons. The number of aliphatic carboxylic acids is 2. The van der Waals surface area contributed by atoms with E-state index in [2.05, 4.69) is 9.88 Å². The van der Waals surface area contributed by atoms with E-state index in [1.807, 2.05) is 24.5 Å². The van der Waals surface area contributed by atoms with Crippen LogP contribution in [0.4, 0.5) is 26.3 Å². The number of hydrogen-bond donors (Lipinski definition) is 2. The van der Waals surface area contributed by atoms with Gasteiger partial charge in [-0.25, -0.2) is 9.59 Å². The number of rotatable bonds is 5. The van der Waals surface area contributed by atoms with Gasteiger partial charge in [0, 0.05) is 51.3 Å². The summed E-state index contributed by atoms with van der Waals surface area (Å²) in [6.07, 6.45) is -1.31. The second-order valence-corrected chi connectivity index (χ2v) is 8.87. The molecule has 0 amide bonds. The van der Waals surface area contributed by atoms with E-state index in [4.69, 9.17) is 34.0 Å². The van der Waals surface area contributed by atoms with E-state index in [-0.39, 0.29) is 12.2 Å². The van der Waals surface area contributed by atoms with Crippen LogP contribution in [0.25, 0.3) is 0 Å². The Hall–Kier alpha value is -2.49. The second-order valence-electron chi connectivity index (χ2n) is 8.87. The molecule has 0 saturated carbocycles. The molecule has 0 bridgehead atoms. The Morgan fingerprint density at radius 2 is 1.53 bits per heavy atom. The number of carboxylic acid groups (broad SMARTS) is 2. The lowest BCUT2D eigenvalue weighted by Crippen LogP contribution is -2.43. The zero-order chi connectivity index (χ0) is 28.3. The number of likely N-dealkylation sites (tertiary alicyclic amines) is 1. The number of aromatic nitrogens is 1. The fourth-order valence-electron chi connectivity index (χ4n) is 4.30. The summed E-state index contributed by atoms with van der Waals surface area (Å²) in [4.78, 5) is 24.5. The minimum Gasteiger partial charge on any atom is -0.475 e. The molecule has 3 atom stereocenters. The van der Waals surface area contributed by atoms with E-state index in [1.54, 1.807) is 0 Å². The van der Waals surface area contributed by atoms with Gasteiger partial charge in [0.2, 0.25) is 0 Å². The van der Waals surface area contributed by atoms with Crippen LogP contribution < -0.4 is 0 Å². The highest BCUT2D eigenvalue weighted by molar-refractivity contribution is 5.73. The van der Waals surface area contributed by atoms with Crippen molar-refractivity contribution in [1.82, 2.24) is 9.88 Å². The molecule has 9 nitrogen and oxygen atoms in total. The van der Waals surface area contributed by atoms with Crippen LogP contribution in [0.2, 0.25) is 0 Å². The molecule has 38 heavy (non-hydrogen) atoms. The van der Waals surface area contributed by atoms with Crippen molar-refractivity contribution in [3.05, 3.63) is 30.1 Å². The van der Waals surface area contributed by atoms with Crippen molar-refractivity contribution in [3.63, 3.8) is 0 Å². The summed E-state index contributed by atoms with van der Waals surface area (Å²) in [7, 11) is 0. The Morgan fingerprint density at radius 3 is 2.05 bits per heavy atom. The molecule has 1 aromatic heterocycles. The van der Waals surface area contributed by atoms with E-state index in [1.165, 1.54) is 37.8 Å². The lowest BCUT2D eigenvalue weighted by atomic mass is 9.97. The van der Waals surface area contributed by atoms with E-state index >= 15 is 0 Å². The molecule has 0 aromatic carbocycles. The lowest BCUT2D eigenvalue weighted by Gasteiger charge is -2.34. The Balaban J connectivity index is 0.000000301. The molecule has 0 unspecified atom stereocenters. The third-order valence-corrected chi connectivity index (χ3v) is 6.12. The van der Waals surface area contributed by atoms with E-state index in [0.29, 0.717) is 12.6 Å². The highest BCUT2D eigenvalue weighted by atomic mass is 19.4. The Bertz CT molecular complexity index is 842. The van der Waals surface area contributed by atoms with Crippen LogP contribution in [-0.2, 0) is 30.4 Å². The molecular weight excluding hydrogens is 530 g/mol. The summed E-state index contributed by atoms with van der Waals surface area (Å²) in [5, 5.41) is 14.2. The molecule has 3 fully saturated rings. The van der Waals surface area contributed by atoms with Crippen LogP contribution >= 0.6 is 0 Å². The number of hydrogen-bond acceptors (Lipinski definition) is 7. The van der Waals surface area contributed by atoms with Crippen molar-refractivity contribution < 1.29 is 60.4 Å². The summed E-state index contributed by atoms with van der Waals surface area (Å²) in [5.74, 6) is -4.75. The van der Waals surface area contributed by atoms with E-state index in [9.17, 15) is 26.3 Å². The molecule has 0 aliphatic carbocycles. The molecule has 3 aliphatic rings. The first-order valence-corrected chi connectivity index (χ1v) is 11.8. The van der Waals surface area contributed by atoms with Crippen molar-refractivity contribution in [2.75, 3.05) is 32.9 Å². The lowest BCUT2D eigenvalue weighted by molar-refractivity contribution is -0.193. The van der Waals surface area contributed by atoms with Crippen LogP contribution in [-0.4, -0.2) is 95.5 Å². The predicted molar refractivity (Wildman–Crippen MR) is 118 cm³/mol. The van der Waals surface area contributed by atoms with Gasteiger partial charge >= 0.3 is 24.3 Å². The molecular formula is C23H30F6N2O7. The number of pyridine rings is 1. The van der Waals surface area contributed by atoms with Gasteiger partial charge in [0.25, 0.3) is 0 Å². The molecule has 1 aromatic rings. The fraction of sp³-hybridized carbons (Fsp3) is 0.696. The van der Waals surface area contributed by atoms with Gasteiger partial charge in [-0.2, -0.15) is 26.3 Å². The zero-order valence-corrected chi connectivity index (χ0v) is 20.3. The quantitative estimate of drug-likeness (QED) is 0.522. The first-order chi connectivity index (χ1) is 17.8. The smallest absolute Gasteiger partial charge is 0.475 e. The maximum absolute atomic E-state index is 10.6. The zero-order valence-electron chi connectivity index (χ0n) is 20.3. The third-order valence-electron chi connectivity index (χ3n) is 6.12. The van der Waals surface area contributed by atoms with Gasteiger partial charge in [-0.15, -0.1) is 0 Å². The van der Waals surface area contributed by atoms with Crippen molar-refractivity contribution in [2.45, 2.75) is 62.9 Å². The summed E-state index contributed by atoms with van der Waals surface area (Å²) in [6, 6.07) is 4.58. The van der Waals surface area contributed by atoms with Gasteiger partial charge in [0.15, 0.2) is 0 Å². The average Bonchev–Trinajstić information content (AvgIpc) is 3.21. The number of fused-ring (bicyclic) bond motifs is 1. The SMILES string of the molecule is O=C(O)C(F)(F)F.O=C(O)C(F)(F)F.c1cc(CO[C@@H]2CN(CC3CCOCC3)[C@@H]3CCCO[C@@H]32)ccn1. The predicted octanol–water partition coefficient (Wildman–Crippen LogP) is 3.52. The number of nitrogens with zero attached hydrogens (tertiary/aromatic N) is 2. The van der Waals surface area contributed by atoms with Gasteiger partial charge in [-0.05, 0) is 49.3 Å². The van der Waals surface area contributed by atoms with Gasteiger partial charge in [-0.1, -0.05) is 0 Å². The minimum absolute atomic E-state index is 0.184. The first-order valence-electron chi connectivity index (χ1n) is 11.8. The molecule has 0 spiro atoms. The average molecular weight is 560 g/mol. The van der Waals surface area contributed by atoms with Gasteiger partial charge in [-0.3, -0.25) is 9.88 Å². The standard InChI is InChI=1S/C19H28N2O3.2C2HF3O2/c1-2-17-19(23-9-1)18(24-14-16-3-7-20-8-4-16)13-21(17)12-15-5-10-22-11-6-15;2*3-2(4,5)1(6)7/h3-4,7-8,15,17-19H,1-2,5-6,9-14H2;2*(H,6,7)/t17-,18-,19+;;/m1../s1. The normalized spacial score (nSPS) is 24.3. The van der Waals surface area contributed by atoms with Crippen LogP contribution in [0, 0.1) is 5.92 Å². The first kappa shape index (κ1) is 31.7. The maximum Gasteiger partial charge on any atom is 0.490 e. The molecule has 0 radical (unpaired) electrons. The van der Waals surface area contributed by atoms with Crippen molar-refractivity contribution in [1.29, 1.82) is 0 Å². The molecule has 3 aliphatic heterocycles.